The first-order valence-electron chi connectivity index (χ1n) is 9.10. The third kappa shape index (κ3) is 5.38. The Morgan fingerprint density at radius 1 is 1.26 bits per heavy atom. The fourth-order valence-corrected chi connectivity index (χ4v) is 2.90. The largest absolute Gasteiger partial charge is 0.352 e. The van der Waals surface area contributed by atoms with E-state index in [1.165, 1.54) is 0 Å². The van der Waals surface area contributed by atoms with Crippen LogP contribution in [0.25, 0.3) is 0 Å². The van der Waals surface area contributed by atoms with Crippen LogP contribution in [0, 0.1) is 5.92 Å². The van der Waals surface area contributed by atoms with Crippen LogP contribution >= 0.6 is 15.9 Å². The van der Waals surface area contributed by atoms with Crippen LogP contribution in [0.3, 0.4) is 0 Å². The Hall–Kier alpha value is -2.22. The van der Waals surface area contributed by atoms with E-state index in [4.69, 9.17) is 4.52 Å². The molecular formula is C19H23BrN4O3. The molecule has 2 amide bonds. The summed E-state index contributed by atoms with van der Waals surface area (Å²) in [6.45, 7) is 4.23. The van der Waals surface area contributed by atoms with Crippen LogP contribution in [0.4, 0.5) is 0 Å². The van der Waals surface area contributed by atoms with Crippen molar-refractivity contribution in [3.63, 3.8) is 0 Å². The number of rotatable bonds is 8. The molecule has 1 heterocycles. The van der Waals surface area contributed by atoms with Crippen molar-refractivity contribution >= 4 is 27.7 Å². The van der Waals surface area contributed by atoms with Gasteiger partial charge in [0.05, 0.1) is 0 Å². The molecule has 7 nitrogen and oxygen atoms in total. The lowest BCUT2D eigenvalue weighted by molar-refractivity contribution is -0.122. The second-order valence-corrected chi connectivity index (χ2v) is 7.98. The number of carbonyl (C=O) groups is 2. The number of aromatic nitrogens is 2. The molecule has 0 saturated heterocycles. The van der Waals surface area contributed by atoms with E-state index in [2.05, 4.69) is 36.7 Å². The summed E-state index contributed by atoms with van der Waals surface area (Å²) < 4.78 is 6.26. The van der Waals surface area contributed by atoms with Crippen molar-refractivity contribution in [2.24, 2.45) is 5.92 Å². The molecule has 1 aliphatic rings. The predicted molar refractivity (Wildman–Crippen MR) is 103 cm³/mol. The molecule has 8 heteroatoms. The smallest absolute Gasteiger partial charge is 0.251 e. The Labute approximate surface area is 166 Å². The van der Waals surface area contributed by atoms with Crippen molar-refractivity contribution in [1.82, 2.24) is 20.8 Å². The zero-order chi connectivity index (χ0) is 19.4. The number of carbonyl (C=O) groups excluding carboxylic acids is 2. The summed E-state index contributed by atoms with van der Waals surface area (Å²) in [5.41, 5.74) is 0.553. The van der Waals surface area contributed by atoms with E-state index in [1.54, 1.807) is 24.3 Å². The monoisotopic (exact) mass is 434 g/mol. The number of halogens is 1. The van der Waals surface area contributed by atoms with Crippen molar-refractivity contribution in [1.29, 1.82) is 0 Å². The van der Waals surface area contributed by atoms with E-state index in [0.29, 0.717) is 17.4 Å². The highest BCUT2D eigenvalue weighted by atomic mass is 79.9. The van der Waals surface area contributed by atoms with Gasteiger partial charge in [-0.25, -0.2) is 0 Å². The predicted octanol–water partition coefficient (Wildman–Crippen LogP) is 3.34. The highest BCUT2D eigenvalue weighted by molar-refractivity contribution is 9.10. The molecule has 1 aromatic heterocycles. The van der Waals surface area contributed by atoms with Gasteiger partial charge >= 0.3 is 0 Å². The van der Waals surface area contributed by atoms with E-state index >= 15 is 0 Å². The average molecular weight is 435 g/mol. The number of benzene rings is 1. The molecule has 0 aliphatic heterocycles. The molecule has 0 radical (unpaired) electrons. The molecule has 2 N–H and O–H groups in total. The molecule has 1 fully saturated rings. The summed E-state index contributed by atoms with van der Waals surface area (Å²) in [5, 5.41) is 9.70. The third-order valence-electron chi connectivity index (χ3n) is 4.39. The van der Waals surface area contributed by atoms with Crippen molar-refractivity contribution in [3.8, 4) is 0 Å². The molecule has 1 unspecified atom stereocenters. The first kappa shape index (κ1) is 19.5. The van der Waals surface area contributed by atoms with Gasteiger partial charge in [-0.1, -0.05) is 34.9 Å². The minimum Gasteiger partial charge on any atom is -0.352 e. The van der Waals surface area contributed by atoms with E-state index in [9.17, 15) is 9.59 Å². The van der Waals surface area contributed by atoms with E-state index in [-0.39, 0.29) is 36.7 Å². The third-order valence-corrected chi connectivity index (χ3v) is 4.92. The SMILES string of the molecule is CC(C)C(NC(=O)CCNC(=O)c1ccc(Br)cc1)c1nc(C2CC2)no1. The van der Waals surface area contributed by atoms with Gasteiger partial charge in [0, 0.05) is 28.9 Å². The summed E-state index contributed by atoms with van der Waals surface area (Å²) in [4.78, 5) is 28.8. The molecule has 0 spiro atoms. The maximum absolute atomic E-state index is 12.3. The van der Waals surface area contributed by atoms with Crippen LogP contribution < -0.4 is 10.6 Å². The minimum absolute atomic E-state index is 0.110. The number of amides is 2. The molecule has 27 heavy (non-hydrogen) atoms. The maximum Gasteiger partial charge on any atom is 0.251 e. The zero-order valence-corrected chi connectivity index (χ0v) is 17.0. The van der Waals surface area contributed by atoms with Crippen LogP contribution in [0.15, 0.2) is 33.3 Å². The van der Waals surface area contributed by atoms with Gasteiger partial charge in [0.1, 0.15) is 6.04 Å². The highest BCUT2D eigenvalue weighted by Crippen LogP contribution is 2.38. The number of nitrogens with zero attached hydrogens (tertiary/aromatic N) is 2. The number of hydrogen-bond acceptors (Lipinski definition) is 5. The molecule has 1 aliphatic carbocycles. The summed E-state index contributed by atoms with van der Waals surface area (Å²) in [6.07, 6.45) is 2.36. The zero-order valence-electron chi connectivity index (χ0n) is 15.4. The van der Waals surface area contributed by atoms with Gasteiger partial charge in [-0.3, -0.25) is 9.59 Å². The number of hydrogen-bond donors (Lipinski definition) is 2. The minimum atomic E-state index is -0.334. The number of nitrogens with one attached hydrogen (secondary N) is 2. The summed E-state index contributed by atoms with van der Waals surface area (Å²) >= 11 is 3.33. The second kappa shape index (κ2) is 8.65. The van der Waals surface area contributed by atoms with Gasteiger partial charge in [-0.15, -0.1) is 0 Å². The topological polar surface area (TPSA) is 97.1 Å². The highest BCUT2D eigenvalue weighted by Gasteiger charge is 2.31. The second-order valence-electron chi connectivity index (χ2n) is 7.07. The quantitative estimate of drug-likeness (QED) is 0.663. The lowest BCUT2D eigenvalue weighted by atomic mass is 10.0. The van der Waals surface area contributed by atoms with Crippen molar-refractivity contribution in [2.75, 3.05) is 6.54 Å². The normalized spacial score (nSPS) is 14.8. The van der Waals surface area contributed by atoms with Crippen LogP contribution in [0.1, 0.15) is 67.1 Å². The van der Waals surface area contributed by atoms with E-state index in [0.717, 1.165) is 23.1 Å². The van der Waals surface area contributed by atoms with Crippen LogP contribution in [0.2, 0.25) is 0 Å². The summed E-state index contributed by atoms with van der Waals surface area (Å²) in [7, 11) is 0. The molecule has 144 valence electrons. The summed E-state index contributed by atoms with van der Waals surface area (Å²) in [5.74, 6) is 1.31. The Morgan fingerprint density at radius 2 is 1.96 bits per heavy atom. The molecular weight excluding hydrogens is 412 g/mol. The average Bonchev–Trinajstić information content (AvgIpc) is 3.37. The summed E-state index contributed by atoms with van der Waals surface area (Å²) in [6, 6.07) is 6.71. The van der Waals surface area contributed by atoms with Gasteiger partial charge < -0.3 is 15.2 Å². The van der Waals surface area contributed by atoms with Gasteiger partial charge in [-0.2, -0.15) is 4.98 Å². The van der Waals surface area contributed by atoms with Crippen molar-refractivity contribution in [3.05, 3.63) is 46.0 Å². The van der Waals surface area contributed by atoms with E-state index in [1.807, 2.05) is 13.8 Å². The first-order valence-corrected chi connectivity index (χ1v) is 9.90. The lowest BCUT2D eigenvalue weighted by Crippen LogP contribution is -2.35. The molecule has 1 atom stereocenters. The first-order chi connectivity index (χ1) is 12.9. The Bertz CT molecular complexity index is 800. The fourth-order valence-electron chi connectivity index (χ4n) is 2.63. The van der Waals surface area contributed by atoms with Gasteiger partial charge in [0.15, 0.2) is 5.82 Å². The van der Waals surface area contributed by atoms with Crippen LogP contribution in [-0.2, 0) is 4.79 Å². The van der Waals surface area contributed by atoms with Crippen LogP contribution in [-0.4, -0.2) is 28.5 Å². The Morgan fingerprint density at radius 3 is 2.59 bits per heavy atom. The molecule has 0 bridgehead atoms. The van der Waals surface area contributed by atoms with Gasteiger partial charge in [-0.05, 0) is 43.0 Å². The fraction of sp³-hybridized carbons (Fsp3) is 0.474. The van der Waals surface area contributed by atoms with Gasteiger partial charge in [0.25, 0.3) is 5.91 Å². The van der Waals surface area contributed by atoms with Crippen molar-refractivity contribution < 1.29 is 14.1 Å². The van der Waals surface area contributed by atoms with E-state index < -0.39 is 0 Å². The molecule has 1 saturated carbocycles. The lowest BCUT2D eigenvalue weighted by Gasteiger charge is -2.18. The molecule has 3 rings (SSSR count). The maximum atomic E-state index is 12.3. The molecule has 2 aromatic rings. The van der Waals surface area contributed by atoms with Crippen molar-refractivity contribution in [2.45, 2.75) is 45.1 Å². The van der Waals surface area contributed by atoms with Gasteiger partial charge in [0.2, 0.25) is 11.8 Å². The van der Waals surface area contributed by atoms with Crippen LogP contribution in [0.5, 0.6) is 0 Å². The standard InChI is InChI=1S/C19H23BrN4O3/c1-11(2)16(19-23-17(24-27-19)12-3-4-12)22-15(25)9-10-21-18(26)13-5-7-14(20)8-6-13/h5-8,11-12,16H,3-4,9-10H2,1-2H3,(H,21,26)(H,22,25). The Balaban J connectivity index is 1.48. The molecule has 1 aromatic carbocycles. The Kier molecular flexibility index (Phi) is 6.26.